The molecule has 1 aliphatic carbocycles. The van der Waals surface area contributed by atoms with Crippen molar-refractivity contribution < 1.29 is 4.42 Å². The van der Waals surface area contributed by atoms with E-state index in [1.165, 1.54) is 17.0 Å². The minimum Gasteiger partial charge on any atom is -0.463 e. The van der Waals surface area contributed by atoms with Crippen molar-refractivity contribution in [2.45, 2.75) is 46.5 Å². The quantitative estimate of drug-likeness (QED) is 0.669. The Labute approximate surface area is 145 Å². The summed E-state index contributed by atoms with van der Waals surface area (Å²) in [5, 5.41) is 9.29. The summed E-state index contributed by atoms with van der Waals surface area (Å²) in [4.78, 5) is 7.23. The molecule has 124 valence electrons. The van der Waals surface area contributed by atoms with E-state index in [1.807, 2.05) is 12.1 Å². The molecule has 0 aromatic carbocycles. The molecule has 1 atom stereocenters. The predicted molar refractivity (Wildman–Crippen MR) is 95.1 cm³/mol. The molecule has 1 unspecified atom stereocenters. The topological polar surface area (TPSA) is 54.2 Å². The van der Waals surface area contributed by atoms with E-state index in [1.54, 1.807) is 17.6 Å². The van der Waals surface area contributed by atoms with Crippen LogP contribution in [0.4, 0.5) is 0 Å². The molecule has 5 heteroatoms. The van der Waals surface area contributed by atoms with Gasteiger partial charge in [0, 0.05) is 10.6 Å². The van der Waals surface area contributed by atoms with Gasteiger partial charge in [-0.1, -0.05) is 20.8 Å². The van der Waals surface area contributed by atoms with Crippen LogP contribution >= 0.6 is 11.3 Å². The fourth-order valence-electron chi connectivity index (χ4n) is 3.71. The third-order valence-electron chi connectivity index (χ3n) is 5.14. The Morgan fingerprint density at radius 2 is 2.29 bits per heavy atom. The number of hydrogen-bond donors (Lipinski definition) is 0. The van der Waals surface area contributed by atoms with Gasteiger partial charge in [0.2, 0.25) is 0 Å². The van der Waals surface area contributed by atoms with Gasteiger partial charge in [0.1, 0.15) is 5.69 Å². The molecule has 0 aliphatic heterocycles. The maximum atomic E-state index is 9.29. The summed E-state index contributed by atoms with van der Waals surface area (Å²) >= 11 is 1.78. The second-order valence-electron chi connectivity index (χ2n) is 7.61. The number of thiazole rings is 1. The van der Waals surface area contributed by atoms with E-state index in [0.717, 1.165) is 35.0 Å². The predicted octanol–water partition coefficient (Wildman–Crippen LogP) is 4.87. The number of furan rings is 1. The van der Waals surface area contributed by atoms with Crippen molar-refractivity contribution in [1.29, 1.82) is 5.26 Å². The summed E-state index contributed by atoms with van der Waals surface area (Å²) in [7, 11) is 0. The van der Waals surface area contributed by atoms with Crippen molar-refractivity contribution in [2.24, 2.45) is 11.3 Å². The van der Waals surface area contributed by atoms with Crippen LogP contribution < -0.4 is 0 Å². The number of rotatable bonds is 2. The van der Waals surface area contributed by atoms with Crippen LogP contribution in [0, 0.1) is 22.7 Å². The zero-order valence-electron chi connectivity index (χ0n) is 14.3. The summed E-state index contributed by atoms with van der Waals surface area (Å²) in [6.07, 6.45) is 5.38. The van der Waals surface area contributed by atoms with E-state index in [9.17, 15) is 5.26 Å². The summed E-state index contributed by atoms with van der Waals surface area (Å²) < 4.78 is 7.75. The molecule has 0 amide bonds. The van der Waals surface area contributed by atoms with Crippen LogP contribution in [0.5, 0.6) is 0 Å². The first kappa shape index (κ1) is 15.5. The largest absolute Gasteiger partial charge is 0.463 e. The van der Waals surface area contributed by atoms with Crippen molar-refractivity contribution in [3.63, 3.8) is 0 Å². The van der Waals surface area contributed by atoms with Crippen molar-refractivity contribution in [3.05, 3.63) is 34.7 Å². The number of aryl methyl sites for hydroxylation is 1. The zero-order chi connectivity index (χ0) is 16.9. The molecular formula is C19H21N3OS. The number of nitriles is 1. The summed E-state index contributed by atoms with van der Waals surface area (Å²) in [6, 6.07) is 6.07. The number of nitrogens with zero attached hydrogens (tertiary/aromatic N) is 3. The molecule has 3 aromatic heterocycles. The average molecular weight is 339 g/mol. The molecule has 4 rings (SSSR count). The van der Waals surface area contributed by atoms with E-state index in [4.69, 9.17) is 9.40 Å². The first-order valence-electron chi connectivity index (χ1n) is 8.41. The molecule has 0 saturated carbocycles. The highest BCUT2D eigenvalue weighted by Crippen LogP contribution is 2.41. The summed E-state index contributed by atoms with van der Waals surface area (Å²) in [5.74, 6) is 1.45. The number of hydrogen-bond acceptors (Lipinski definition) is 4. The van der Waals surface area contributed by atoms with Crippen molar-refractivity contribution in [3.8, 4) is 17.5 Å². The number of imidazole rings is 1. The van der Waals surface area contributed by atoms with Crippen LogP contribution in [0.1, 0.15) is 43.5 Å². The number of aromatic nitrogens is 2. The van der Waals surface area contributed by atoms with E-state index in [2.05, 4.69) is 31.2 Å². The van der Waals surface area contributed by atoms with Gasteiger partial charge in [-0.05, 0) is 42.7 Å². The lowest BCUT2D eigenvalue weighted by Gasteiger charge is -2.33. The SMILES string of the molecule is CC(C)(C)C1CCc2c(sc3nc(-c4ccco4)c(CC#N)n23)C1. The molecule has 3 aromatic rings. The van der Waals surface area contributed by atoms with E-state index < -0.39 is 0 Å². The summed E-state index contributed by atoms with van der Waals surface area (Å²) in [6.45, 7) is 6.99. The van der Waals surface area contributed by atoms with Gasteiger partial charge >= 0.3 is 0 Å². The third-order valence-corrected chi connectivity index (χ3v) is 6.24. The van der Waals surface area contributed by atoms with E-state index in [-0.39, 0.29) is 0 Å². The fourth-order valence-corrected chi connectivity index (χ4v) is 4.97. The highest BCUT2D eigenvalue weighted by molar-refractivity contribution is 7.17. The van der Waals surface area contributed by atoms with Gasteiger partial charge in [-0.2, -0.15) is 5.26 Å². The fraction of sp³-hybridized carbons (Fsp3) is 0.474. The van der Waals surface area contributed by atoms with Crippen LogP contribution in [0.2, 0.25) is 0 Å². The molecule has 0 radical (unpaired) electrons. The Balaban J connectivity index is 1.84. The van der Waals surface area contributed by atoms with Crippen LogP contribution in [-0.2, 0) is 19.3 Å². The Morgan fingerprint density at radius 1 is 1.46 bits per heavy atom. The average Bonchev–Trinajstić information content (AvgIpc) is 3.21. The lowest BCUT2D eigenvalue weighted by molar-refractivity contribution is 0.216. The lowest BCUT2D eigenvalue weighted by Crippen LogP contribution is -2.26. The van der Waals surface area contributed by atoms with Crippen molar-refractivity contribution >= 4 is 16.3 Å². The first-order chi connectivity index (χ1) is 11.5. The summed E-state index contributed by atoms with van der Waals surface area (Å²) in [5.41, 5.74) is 3.47. The van der Waals surface area contributed by atoms with Gasteiger partial charge in [0.25, 0.3) is 0 Å². The van der Waals surface area contributed by atoms with Gasteiger partial charge in [0.15, 0.2) is 10.7 Å². The van der Waals surface area contributed by atoms with Crippen LogP contribution in [0.25, 0.3) is 16.4 Å². The van der Waals surface area contributed by atoms with Crippen molar-refractivity contribution in [1.82, 2.24) is 9.38 Å². The molecular weight excluding hydrogens is 318 g/mol. The molecule has 24 heavy (non-hydrogen) atoms. The Bertz CT molecular complexity index is 919. The van der Waals surface area contributed by atoms with Gasteiger partial charge in [-0.25, -0.2) is 4.98 Å². The molecule has 3 heterocycles. The monoisotopic (exact) mass is 339 g/mol. The highest BCUT2D eigenvalue weighted by Gasteiger charge is 2.32. The van der Waals surface area contributed by atoms with Gasteiger partial charge in [-0.3, -0.25) is 4.40 Å². The van der Waals surface area contributed by atoms with Gasteiger partial charge < -0.3 is 4.42 Å². The molecule has 4 nitrogen and oxygen atoms in total. The van der Waals surface area contributed by atoms with Gasteiger partial charge in [-0.15, -0.1) is 11.3 Å². The van der Waals surface area contributed by atoms with Crippen LogP contribution in [-0.4, -0.2) is 9.38 Å². The van der Waals surface area contributed by atoms with Gasteiger partial charge in [0.05, 0.1) is 24.4 Å². The Hall–Kier alpha value is -2.06. The second kappa shape index (κ2) is 5.49. The Kier molecular flexibility index (Phi) is 3.54. The lowest BCUT2D eigenvalue weighted by atomic mass is 9.73. The maximum Gasteiger partial charge on any atom is 0.195 e. The smallest absolute Gasteiger partial charge is 0.195 e. The molecule has 1 aliphatic rings. The van der Waals surface area contributed by atoms with E-state index >= 15 is 0 Å². The third kappa shape index (κ3) is 2.37. The molecule has 0 N–H and O–H groups in total. The number of fused-ring (bicyclic) bond motifs is 3. The minimum atomic E-state index is 0.332. The zero-order valence-corrected chi connectivity index (χ0v) is 15.1. The molecule has 0 fully saturated rings. The molecule has 0 spiro atoms. The standard InChI is InChI=1S/C19H21N3OS/c1-19(2,3)12-6-7-13-16(11-12)24-18-21-17(15-5-4-10-23-15)14(8-9-20)22(13)18/h4-5,10,12H,6-8,11H2,1-3H3. The second-order valence-corrected chi connectivity index (χ2v) is 8.68. The first-order valence-corrected chi connectivity index (χ1v) is 9.23. The highest BCUT2D eigenvalue weighted by atomic mass is 32.1. The maximum absolute atomic E-state index is 9.29. The van der Waals surface area contributed by atoms with E-state index in [0.29, 0.717) is 17.8 Å². The van der Waals surface area contributed by atoms with Crippen LogP contribution in [0.15, 0.2) is 22.8 Å². The molecule has 0 saturated heterocycles. The normalized spacial score (nSPS) is 17.8. The Morgan fingerprint density at radius 3 is 2.96 bits per heavy atom. The van der Waals surface area contributed by atoms with Crippen LogP contribution in [0.3, 0.4) is 0 Å². The van der Waals surface area contributed by atoms with Crippen molar-refractivity contribution in [2.75, 3.05) is 0 Å². The molecule has 0 bridgehead atoms. The minimum absolute atomic E-state index is 0.332.